The normalized spacial score (nSPS) is 21.7. The number of ether oxygens (including phenoxy) is 1. The lowest BCUT2D eigenvalue weighted by molar-refractivity contribution is -0.136. The van der Waals surface area contributed by atoms with Gasteiger partial charge < -0.3 is 26.0 Å². The van der Waals surface area contributed by atoms with Crippen molar-refractivity contribution in [2.45, 2.75) is 43.7 Å². The van der Waals surface area contributed by atoms with E-state index in [1.165, 1.54) is 19.4 Å². The number of hydrogen-bond acceptors (Lipinski definition) is 8. The van der Waals surface area contributed by atoms with Gasteiger partial charge in [0.1, 0.15) is 23.6 Å². The lowest BCUT2D eigenvalue weighted by atomic mass is 9.89. The van der Waals surface area contributed by atoms with E-state index in [-0.39, 0.29) is 28.6 Å². The highest BCUT2D eigenvalue weighted by atomic mass is 19.4. The van der Waals surface area contributed by atoms with Crippen LogP contribution in [0.5, 0.6) is 5.88 Å². The van der Waals surface area contributed by atoms with Crippen molar-refractivity contribution in [3.63, 3.8) is 0 Å². The molecule has 1 saturated heterocycles. The van der Waals surface area contributed by atoms with Crippen LogP contribution in [0.15, 0.2) is 24.7 Å². The Kier molecular flexibility index (Phi) is 7.35. The van der Waals surface area contributed by atoms with Gasteiger partial charge in [-0.1, -0.05) is 12.8 Å². The number of carbonyl (C=O) groups is 2. The number of alkyl halides is 4. The largest absolute Gasteiger partial charge is 0.480 e. The number of nitrogen functional groups attached to an aromatic ring is 1. The van der Waals surface area contributed by atoms with Crippen LogP contribution < -0.4 is 15.8 Å². The van der Waals surface area contributed by atoms with Crippen LogP contribution in [0.4, 0.5) is 28.2 Å². The van der Waals surface area contributed by atoms with Crippen molar-refractivity contribution in [2.75, 3.05) is 26.0 Å². The van der Waals surface area contributed by atoms with Crippen molar-refractivity contribution in [1.82, 2.24) is 29.8 Å². The second-order valence-electron chi connectivity index (χ2n) is 10.2. The van der Waals surface area contributed by atoms with Gasteiger partial charge in [-0.25, -0.2) is 23.7 Å². The van der Waals surface area contributed by atoms with Crippen molar-refractivity contribution in [1.29, 1.82) is 0 Å². The molecule has 3 aromatic heterocycles. The Morgan fingerprint density at radius 1 is 1.27 bits per heavy atom. The molecular formula is C25H27F4N7O5. The number of halogens is 4. The number of aromatic nitrogens is 4. The summed E-state index contributed by atoms with van der Waals surface area (Å²) in [5, 5.41) is 26.2. The van der Waals surface area contributed by atoms with Crippen LogP contribution in [-0.4, -0.2) is 85.2 Å². The Morgan fingerprint density at radius 3 is 2.61 bits per heavy atom. The van der Waals surface area contributed by atoms with Gasteiger partial charge in [-0.05, 0) is 24.5 Å². The van der Waals surface area contributed by atoms with Crippen LogP contribution >= 0.6 is 0 Å². The maximum Gasteiger partial charge on any atom is 0.418 e. The predicted molar refractivity (Wildman–Crippen MR) is 135 cm³/mol. The van der Waals surface area contributed by atoms with Gasteiger partial charge in [0.2, 0.25) is 5.88 Å². The molecule has 4 heterocycles. The van der Waals surface area contributed by atoms with Gasteiger partial charge in [0.15, 0.2) is 5.82 Å². The summed E-state index contributed by atoms with van der Waals surface area (Å²) in [5.74, 6) is -1.83. The number of pyridine rings is 1. The highest BCUT2D eigenvalue weighted by Gasteiger charge is 2.50. The Hall–Kier alpha value is -4.21. The van der Waals surface area contributed by atoms with E-state index in [0.29, 0.717) is 6.42 Å². The number of nitrogens with two attached hydrogens (primary N) is 1. The van der Waals surface area contributed by atoms with E-state index in [4.69, 9.17) is 10.5 Å². The number of nitrogens with one attached hydrogen (secondary N) is 1. The van der Waals surface area contributed by atoms with Crippen molar-refractivity contribution in [3.8, 4) is 17.1 Å². The summed E-state index contributed by atoms with van der Waals surface area (Å²) < 4.78 is 62.7. The molecule has 5 rings (SSSR count). The molecule has 220 valence electrons. The van der Waals surface area contributed by atoms with E-state index in [0.717, 1.165) is 34.7 Å². The summed E-state index contributed by atoms with van der Waals surface area (Å²) in [5.41, 5.74) is 3.84. The number of likely N-dealkylation sites (tertiary alicyclic amines) is 1. The molecule has 0 radical (unpaired) electrons. The minimum absolute atomic E-state index is 0.0356. The molecule has 4 atom stereocenters. The molecule has 0 aromatic carbocycles. The first-order valence-corrected chi connectivity index (χ1v) is 12.7. The first kappa shape index (κ1) is 28.3. The van der Waals surface area contributed by atoms with Crippen LogP contribution in [0, 0.1) is 11.8 Å². The molecule has 1 aliphatic carbocycles. The van der Waals surface area contributed by atoms with Gasteiger partial charge in [-0.3, -0.25) is 9.69 Å². The monoisotopic (exact) mass is 581 g/mol. The quantitative estimate of drug-likeness (QED) is 0.292. The van der Waals surface area contributed by atoms with Gasteiger partial charge in [-0.15, -0.1) is 0 Å². The molecule has 2 amide bonds. The number of aliphatic hydroxyl groups excluding tert-OH is 1. The van der Waals surface area contributed by atoms with Crippen LogP contribution in [0.3, 0.4) is 0 Å². The lowest BCUT2D eigenvalue weighted by Gasteiger charge is -2.33. The first-order chi connectivity index (χ1) is 19.4. The number of nitrogens with zero attached hydrogens (tertiary/aromatic N) is 5. The van der Waals surface area contributed by atoms with Gasteiger partial charge in [0, 0.05) is 24.3 Å². The number of fused-ring (bicyclic) bond motifs is 1. The molecule has 5 N–H and O–H groups in total. The molecular weight excluding hydrogens is 554 g/mol. The van der Waals surface area contributed by atoms with Crippen LogP contribution in [0.25, 0.3) is 16.8 Å². The van der Waals surface area contributed by atoms with Gasteiger partial charge in [0.25, 0.3) is 5.91 Å². The van der Waals surface area contributed by atoms with Gasteiger partial charge in [0.05, 0.1) is 37.0 Å². The number of hydrogen-bond donors (Lipinski definition) is 4. The molecule has 2 aliphatic rings. The minimum Gasteiger partial charge on any atom is -0.480 e. The summed E-state index contributed by atoms with van der Waals surface area (Å²) in [7, 11) is 1.22. The van der Waals surface area contributed by atoms with Crippen LogP contribution in [0.1, 0.15) is 35.2 Å². The smallest absolute Gasteiger partial charge is 0.418 e. The first-order valence-electron chi connectivity index (χ1n) is 12.7. The number of rotatable bonds is 8. The number of aliphatic hydroxyl groups is 1. The number of anilines is 1. The summed E-state index contributed by atoms with van der Waals surface area (Å²) in [6.45, 7) is -0.906. The van der Waals surface area contributed by atoms with E-state index in [1.54, 1.807) is 0 Å². The summed E-state index contributed by atoms with van der Waals surface area (Å²) in [6.07, 6.45) is -3.49. The standard InChI is InChI=1S/C25H27F4N7O5/c1-41-23-14(5-12(7-31-23)17-6-15(25(27,28)29)20-21(30)32-10-33-36(17)20)22(38)34-18-16(26)8-35(24(39)40)19(18)13(9-37)4-11-2-3-11/h5-7,10-11,13,16,18-19,37H,2-4,8-9H2,1H3,(H,34,38)(H,39,40)(H2,30,32,33)/t13?,16-,18-,19+/m0/s1. The maximum absolute atomic E-state index is 15.2. The highest BCUT2D eigenvalue weighted by molar-refractivity contribution is 5.98. The molecule has 16 heteroatoms. The molecule has 0 bridgehead atoms. The maximum atomic E-state index is 15.2. The minimum atomic E-state index is -4.80. The second-order valence-corrected chi connectivity index (χ2v) is 10.2. The zero-order chi connectivity index (χ0) is 29.6. The summed E-state index contributed by atoms with van der Waals surface area (Å²) in [6, 6.07) is -0.338. The van der Waals surface area contributed by atoms with Gasteiger partial charge in [-0.2, -0.15) is 18.3 Å². The van der Waals surface area contributed by atoms with Crippen LogP contribution in [-0.2, 0) is 6.18 Å². The molecule has 1 saturated carbocycles. The van der Waals surface area contributed by atoms with Crippen molar-refractivity contribution in [2.24, 2.45) is 11.8 Å². The number of amides is 2. The predicted octanol–water partition coefficient (Wildman–Crippen LogP) is 2.61. The van der Waals surface area contributed by atoms with E-state index < -0.39 is 72.4 Å². The second kappa shape index (κ2) is 10.6. The zero-order valence-electron chi connectivity index (χ0n) is 21.7. The third kappa shape index (κ3) is 5.30. The Bertz CT molecular complexity index is 1480. The Labute approximate surface area is 230 Å². The van der Waals surface area contributed by atoms with Crippen LogP contribution in [0.2, 0.25) is 0 Å². The fourth-order valence-electron chi connectivity index (χ4n) is 5.50. The van der Waals surface area contributed by atoms with E-state index in [9.17, 15) is 33.0 Å². The average molecular weight is 582 g/mol. The Morgan fingerprint density at radius 2 is 2.00 bits per heavy atom. The van der Waals surface area contributed by atoms with Gasteiger partial charge >= 0.3 is 12.3 Å². The lowest BCUT2D eigenvalue weighted by Crippen LogP contribution is -2.53. The fourth-order valence-corrected chi connectivity index (χ4v) is 5.50. The third-order valence-electron chi connectivity index (χ3n) is 7.56. The number of carbonyl (C=O) groups excluding carboxylic acids is 1. The topological polar surface area (TPSA) is 168 Å². The molecule has 1 unspecified atom stereocenters. The third-order valence-corrected chi connectivity index (χ3v) is 7.56. The Balaban J connectivity index is 1.52. The van der Waals surface area contributed by atoms with Crippen molar-refractivity contribution >= 4 is 23.3 Å². The summed E-state index contributed by atoms with van der Waals surface area (Å²) >= 11 is 0. The SMILES string of the molecule is COc1ncc(-c2cc(C(F)(F)F)c3c(N)ncnn23)cc1C(=O)N[C@@H]1[C@@H](C(CO)CC2CC2)N(C(=O)O)C[C@@H]1F. The number of methoxy groups -OCH3 is 1. The average Bonchev–Trinajstić information content (AvgIpc) is 3.56. The molecule has 2 fully saturated rings. The van der Waals surface area contributed by atoms with Crippen molar-refractivity contribution < 1.29 is 42.1 Å². The van der Waals surface area contributed by atoms with Crippen molar-refractivity contribution in [3.05, 3.63) is 35.8 Å². The highest BCUT2D eigenvalue weighted by Crippen LogP contribution is 2.40. The fraction of sp³-hybridized carbons (Fsp3) is 0.480. The molecule has 1 aliphatic heterocycles. The molecule has 12 nitrogen and oxygen atoms in total. The number of carboxylic acid groups (broad SMARTS) is 1. The zero-order valence-corrected chi connectivity index (χ0v) is 21.7. The summed E-state index contributed by atoms with van der Waals surface area (Å²) in [4.78, 5) is 34.0. The molecule has 0 spiro atoms. The van der Waals surface area contributed by atoms with E-state index in [1.807, 2.05) is 0 Å². The van der Waals surface area contributed by atoms with E-state index in [2.05, 4.69) is 20.4 Å². The van der Waals surface area contributed by atoms with E-state index >= 15 is 4.39 Å². The molecule has 41 heavy (non-hydrogen) atoms. The molecule has 3 aromatic rings.